The van der Waals surface area contributed by atoms with Crippen LogP contribution in [0, 0.1) is 5.41 Å². The molecule has 0 amide bonds. The number of aromatic amines is 1. The van der Waals surface area contributed by atoms with E-state index in [0.29, 0.717) is 0 Å². The number of hydrogen-bond acceptors (Lipinski definition) is 3. The van der Waals surface area contributed by atoms with Gasteiger partial charge in [0.2, 0.25) is 0 Å². The van der Waals surface area contributed by atoms with Crippen molar-refractivity contribution in [1.29, 1.82) is 0 Å². The SMILES string of the molecule is CC(C)(C)Cc1c[nH]c2ncc(-c3cccc(CCCO)c3)nc12. The molecule has 4 nitrogen and oxygen atoms in total. The van der Waals surface area contributed by atoms with Crippen molar-refractivity contribution >= 4 is 11.2 Å². The molecule has 4 heteroatoms. The monoisotopic (exact) mass is 323 g/mol. The normalized spacial score (nSPS) is 12.0. The number of H-pyrrole nitrogens is 1. The number of aliphatic hydroxyl groups is 1. The summed E-state index contributed by atoms with van der Waals surface area (Å²) in [5.74, 6) is 0. The Morgan fingerprint density at radius 1 is 1.21 bits per heavy atom. The first-order chi connectivity index (χ1) is 11.5. The molecular weight excluding hydrogens is 298 g/mol. The van der Waals surface area contributed by atoms with Gasteiger partial charge in [0.05, 0.1) is 11.9 Å². The standard InChI is InChI=1S/C20H25N3O/c1-20(2,3)11-16-12-21-19-18(16)23-17(13-22-19)15-8-4-6-14(10-15)7-5-9-24/h4,6,8,10,12-13,24H,5,7,9,11H2,1-3H3,(H,21,22). The van der Waals surface area contributed by atoms with Gasteiger partial charge in [-0.1, -0.05) is 39.0 Å². The Morgan fingerprint density at radius 2 is 2.04 bits per heavy atom. The first-order valence-electron chi connectivity index (χ1n) is 8.49. The fourth-order valence-corrected chi connectivity index (χ4v) is 2.96. The Balaban J connectivity index is 1.97. The van der Waals surface area contributed by atoms with E-state index in [1.165, 1.54) is 11.1 Å². The number of aryl methyl sites for hydroxylation is 1. The third-order valence-electron chi connectivity index (χ3n) is 4.03. The van der Waals surface area contributed by atoms with Crippen LogP contribution in [0.2, 0.25) is 0 Å². The summed E-state index contributed by atoms with van der Waals surface area (Å²) in [5.41, 5.74) is 6.40. The molecule has 0 saturated carbocycles. The van der Waals surface area contributed by atoms with Crippen molar-refractivity contribution in [3.8, 4) is 11.3 Å². The number of rotatable bonds is 5. The second-order valence-corrected chi connectivity index (χ2v) is 7.53. The molecule has 2 N–H and O–H groups in total. The van der Waals surface area contributed by atoms with Crippen molar-refractivity contribution in [3.63, 3.8) is 0 Å². The lowest BCUT2D eigenvalue weighted by molar-refractivity contribution is 0.288. The zero-order valence-corrected chi connectivity index (χ0v) is 14.6. The number of fused-ring (bicyclic) bond motifs is 1. The molecule has 126 valence electrons. The molecule has 0 spiro atoms. The summed E-state index contributed by atoms with van der Waals surface area (Å²) in [4.78, 5) is 12.6. The second kappa shape index (κ2) is 6.73. The smallest absolute Gasteiger partial charge is 0.156 e. The quantitative estimate of drug-likeness (QED) is 0.742. The van der Waals surface area contributed by atoms with E-state index in [2.05, 4.69) is 48.9 Å². The number of nitrogens with one attached hydrogen (secondary N) is 1. The molecule has 0 fully saturated rings. The molecule has 2 heterocycles. The van der Waals surface area contributed by atoms with Crippen LogP contribution >= 0.6 is 0 Å². The predicted molar refractivity (Wildman–Crippen MR) is 97.9 cm³/mol. The summed E-state index contributed by atoms with van der Waals surface area (Å²) in [5, 5.41) is 9.01. The largest absolute Gasteiger partial charge is 0.396 e. The molecule has 0 atom stereocenters. The van der Waals surface area contributed by atoms with Gasteiger partial charge in [0.15, 0.2) is 5.65 Å². The molecule has 0 aliphatic rings. The predicted octanol–water partition coefficient (Wildman–Crippen LogP) is 4.14. The number of nitrogens with zero attached hydrogens (tertiary/aromatic N) is 2. The van der Waals surface area contributed by atoms with Crippen LogP contribution in [0.25, 0.3) is 22.4 Å². The van der Waals surface area contributed by atoms with Crippen molar-refractivity contribution in [1.82, 2.24) is 15.0 Å². The highest BCUT2D eigenvalue weighted by Crippen LogP contribution is 2.27. The van der Waals surface area contributed by atoms with Gasteiger partial charge in [-0.25, -0.2) is 9.97 Å². The molecule has 1 aromatic carbocycles. The Bertz CT molecular complexity index is 830. The zero-order valence-electron chi connectivity index (χ0n) is 14.6. The van der Waals surface area contributed by atoms with E-state index in [4.69, 9.17) is 10.1 Å². The van der Waals surface area contributed by atoms with Crippen LogP contribution in [0.4, 0.5) is 0 Å². The van der Waals surface area contributed by atoms with Gasteiger partial charge in [-0.15, -0.1) is 0 Å². The average Bonchev–Trinajstić information content (AvgIpc) is 2.93. The van der Waals surface area contributed by atoms with E-state index in [9.17, 15) is 0 Å². The van der Waals surface area contributed by atoms with Gasteiger partial charge in [-0.05, 0) is 41.9 Å². The van der Waals surface area contributed by atoms with E-state index in [1.54, 1.807) is 0 Å². The maximum absolute atomic E-state index is 9.01. The Morgan fingerprint density at radius 3 is 2.79 bits per heavy atom. The third kappa shape index (κ3) is 3.82. The summed E-state index contributed by atoms with van der Waals surface area (Å²) >= 11 is 0. The van der Waals surface area contributed by atoms with Crippen LogP contribution in [-0.4, -0.2) is 26.7 Å². The summed E-state index contributed by atoms with van der Waals surface area (Å²) in [6.07, 6.45) is 6.46. The maximum Gasteiger partial charge on any atom is 0.156 e. The topological polar surface area (TPSA) is 61.8 Å². The summed E-state index contributed by atoms with van der Waals surface area (Å²) in [7, 11) is 0. The van der Waals surface area contributed by atoms with Gasteiger partial charge in [-0.3, -0.25) is 0 Å². The molecule has 2 aromatic heterocycles. The molecular formula is C20H25N3O. The fourth-order valence-electron chi connectivity index (χ4n) is 2.96. The van der Waals surface area contributed by atoms with Gasteiger partial charge >= 0.3 is 0 Å². The van der Waals surface area contributed by atoms with E-state index in [0.717, 1.165) is 41.7 Å². The number of hydrogen-bond donors (Lipinski definition) is 2. The highest BCUT2D eigenvalue weighted by atomic mass is 16.2. The molecule has 0 saturated heterocycles. The summed E-state index contributed by atoms with van der Waals surface area (Å²) < 4.78 is 0. The van der Waals surface area contributed by atoms with Crippen molar-refractivity contribution in [2.75, 3.05) is 6.61 Å². The lowest BCUT2D eigenvalue weighted by Gasteiger charge is -2.16. The van der Waals surface area contributed by atoms with E-state index >= 15 is 0 Å². The Hall–Kier alpha value is -2.20. The lowest BCUT2D eigenvalue weighted by Crippen LogP contribution is -2.08. The minimum atomic E-state index is 0.205. The molecule has 0 unspecified atom stereocenters. The van der Waals surface area contributed by atoms with Crippen LogP contribution in [0.15, 0.2) is 36.7 Å². The van der Waals surface area contributed by atoms with Crippen LogP contribution in [0.1, 0.15) is 38.3 Å². The summed E-state index contributed by atoms with van der Waals surface area (Å²) in [6, 6.07) is 8.34. The van der Waals surface area contributed by atoms with Crippen LogP contribution in [0.5, 0.6) is 0 Å². The molecule has 0 aliphatic heterocycles. The zero-order chi connectivity index (χ0) is 17.2. The van der Waals surface area contributed by atoms with Crippen LogP contribution in [-0.2, 0) is 12.8 Å². The number of aromatic nitrogens is 3. The van der Waals surface area contributed by atoms with Crippen LogP contribution in [0.3, 0.4) is 0 Å². The highest BCUT2D eigenvalue weighted by molar-refractivity contribution is 5.78. The average molecular weight is 323 g/mol. The Labute approximate surface area is 143 Å². The fraction of sp³-hybridized carbons (Fsp3) is 0.400. The van der Waals surface area contributed by atoms with Gasteiger partial charge < -0.3 is 10.1 Å². The first-order valence-corrected chi connectivity index (χ1v) is 8.49. The van der Waals surface area contributed by atoms with Crippen LogP contribution < -0.4 is 0 Å². The maximum atomic E-state index is 9.01. The molecule has 0 radical (unpaired) electrons. The molecule has 3 rings (SSSR count). The minimum absolute atomic E-state index is 0.205. The number of aliphatic hydroxyl groups excluding tert-OH is 1. The lowest BCUT2D eigenvalue weighted by atomic mass is 9.89. The van der Waals surface area contributed by atoms with E-state index < -0.39 is 0 Å². The van der Waals surface area contributed by atoms with Gasteiger partial charge in [0.1, 0.15) is 5.52 Å². The molecule has 0 bridgehead atoms. The second-order valence-electron chi connectivity index (χ2n) is 7.53. The highest BCUT2D eigenvalue weighted by Gasteiger charge is 2.16. The minimum Gasteiger partial charge on any atom is -0.396 e. The molecule has 24 heavy (non-hydrogen) atoms. The molecule has 3 aromatic rings. The van der Waals surface area contributed by atoms with E-state index in [1.807, 2.05) is 18.5 Å². The van der Waals surface area contributed by atoms with E-state index in [-0.39, 0.29) is 12.0 Å². The third-order valence-corrected chi connectivity index (χ3v) is 4.03. The van der Waals surface area contributed by atoms with Crippen molar-refractivity contribution < 1.29 is 5.11 Å². The summed E-state index contributed by atoms with van der Waals surface area (Å²) in [6.45, 7) is 6.91. The van der Waals surface area contributed by atoms with Gasteiger partial charge in [0.25, 0.3) is 0 Å². The Kier molecular flexibility index (Phi) is 4.67. The van der Waals surface area contributed by atoms with Crippen molar-refractivity contribution in [3.05, 3.63) is 47.8 Å². The van der Waals surface area contributed by atoms with Crippen molar-refractivity contribution in [2.45, 2.75) is 40.0 Å². The van der Waals surface area contributed by atoms with Gasteiger partial charge in [0, 0.05) is 18.4 Å². The first kappa shape index (κ1) is 16.7. The van der Waals surface area contributed by atoms with Crippen molar-refractivity contribution in [2.24, 2.45) is 5.41 Å². The molecule has 0 aliphatic carbocycles. The number of benzene rings is 1. The van der Waals surface area contributed by atoms with Gasteiger partial charge in [-0.2, -0.15) is 0 Å².